The third-order valence-electron chi connectivity index (χ3n) is 3.54. The topological polar surface area (TPSA) is 57.8 Å². The van der Waals surface area contributed by atoms with Crippen molar-refractivity contribution in [3.63, 3.8) is 0 Å². The zero-order valence-electron chi connectivity index (χ0n) is 11.5. The van der Waals surface area contributed by atoms with Crippen molar-refractivity contribution in [2.75, 3.05) is 5.32 Å². The maximum absolute atomic E-state index is 12.8. The summed E-state index contributed by atoms with van der Waals surface area (Å²) >= 11 is 0. The average Bonchev–Trinajstić information content (AvgIpc) is 3.18. The van der Waals surface area contributed by atoms with Gasteiger partial charge >= 0.3 is 0 Å². The fourth-order valence-corrected chi connectivity index (χ4v) is 2.35. The molecule has 0 unspecified atom stereocenters. The summed E-state index contributed by atoms with van der Waals surface area (Å²) in [7, 11) is 0. The minimum Gasteiger partial charge on any atom is -0.307 e. The fourth-order valence-electron chi connectivity index (χ4n) is 2.35. The molecule has 110 valence electrons. The fraction of sp³-hybridized carbons (Fsp3) is 0.333. The number of halogens is 2. The van der Waals surface area contributed by atoms with E-state index >= 15 is 0 Å². The highest BCUT2D eigenvalue weighted by atomic mass is 19.3. The summed E-state index contributed by atoms with van der Waals surface area (Å²) in [6.07, 6.45) is 1.28. The van der Waals surface area contributed by atoms with Gasteiger partial charge in [0.2, 0.25) is 0 Å². The van der Waals surface area contributed by atoms with Crippen LogP contribution < -0.4 is 5.32 Å². The third kappa shape index (κ3) is 2.94. The number of hydrogen-bond acceptors (Lipinski definition) is 2. The molecule has 1 amide bonds. The van der Waals surface area contributed by atoms with Crippen LogP contribution in [-0.2, 0) is 0 Å². The van der Waals surface area contributed by atoms with Gasteiger partial charge in [-0.2, -0.15) is 5.10 Å². The zero-order valence-corrected chi connectivity index (χ0v) is 11.5. The molecular formula is C15H15F2N3O. The van der Waals surface area contributed by atoms with Crippen LogP contribution in [0.3, 0.4) is 0 Å². The van der Waals surface area contributed by atoms with Gasteiger partial charge in [0.15, 0.2) is 0 Å². The van der Waals surface area contributed by atoms with Gasteiger partial charge in [-0.05, 0) is 43.4 Å². The number of rotatable bonds is 4. The van der Waals surface area contributed by atoms with Crippen molar-refractivity contribution in [3.8, 4) is 0 Å². The molecule has 1 heterocycles. The van der Waals surface area contributed by atoms with Crippen LogP contribution in [0.15, 0.2) is 24.4 Å². The number of alkyl halides is 2. The van der Waals surface area contributed by atoms with Crippen LogP contribution in [0.5, 0.6) is 0 Å². The Hall–Kier alpha value is -2.24. The summed E-state index contributed by atoms with van der Waals surface area (Å²) < 4.78 is 25.6. The van der Waals surface area contributed by atoms with Gasteiger partial charge < -0.3 is 5.32 Å². The van der Waals surface area contributed by atoms with Gasteiger partial charge in [-0.1, -0.05) is 6.07 Å². The first-order chi connectivity index (χ1) is 10.0. The van der Waals surface area contributed by atoms with Crippen LogP contribution in [0.1, 0.15) is 52.2 Å². The highest BCUT2D eigenvalue weighted by molar-refractivity contribution is 6.04. The number of hydrogen-bond donors (Lipinski definition) is 2. The predicted molar refractivity (Wildman–Crippen MR) is 74.7 cm³/mol. The molecule has 0 spiro atoms. The lowest BCUT2D eigenvalue weighted by atomic mass is 10.1. The van der Waals surface area contributed by atoms with Gasteiger partial charge in [0.05, 0.1) is 6.20 Å². The number of nitrogens with zero attached hydrogens (tertiary/aromatic N) is 1. The molecule has 0 bridgehead atoms. The Morgan fingerprint density at radius 1 is 1.38 bits per heavy atom. The lowest BCUT2D eigenvalue weighted by Gasteiger charge is -2.08. The smallest absolute Gasteiger partial charge is 0.263 e. The minimum atomic E-state index is -2.59. The molecule has 3 rings (SSSR count). The van der Waals surface area contributed by atoms with Gasteiger partial charge in [0, 0.05) is 16.7 Å². The Balaban J connectivity index is 1.83. The predicted octanol–water partition coefficient (Wildman–Crippen LogP) is 3.79. The second kappa shape index (κ2) is 5.27. The van der Waals surface area contributed by atoms with E-state index in [1.807, 2.05) is 0 Å². The van der Waals surface area contributed by atoms with Gasteiger partial charge in [0.25, 0.3) is 12.3 Å². The van der Waals surface area contributed by atoms with E-state index in [0.29, 0.717) is 17.3 Å². The van der Waals surface area contributed by atoms with Crippen LogP contribution in [0.4, 0.5) is 14.6 Å². The second-order valence-electron chi connectivity index (χ2n) is 5.36. The quantitative estimate of drug-likeness (QED) is 0.900. The van der Waals surface area contributed by atoms with Crippen molar-refractivity contribution in [1.82, 2.24) is 10.2 Å². The lowest BCUT2D eigenvalue weighted by molar-refractivity contribution is 0.102. The van der Waals surface area contributed by atoms with Crippen LogP contribution in [0.25, 0.3) is 0 Å². The standard InChI is InChI=1S/C15H15F2N3O/c1-8-4-10(13(16)17)6-11(5-8)15(21)19-14-12(7-18-20-14)9-2-3-9/h4-7,9,13H,2-3H2,1H3,(H2,18,19,20,21). The Labute approximate surface area is 120 Å². The summed E-state index contributed by atoms with van der Waals surface area (Å²) in [5, 5.41) is 9.40. The summed E-state index contributed by atoms with van der Waals surface area (Å²) in [5.74, 6) is 0.586. The van der Waals surface area contributed by atoms with Crippen LogP contribution in [0.2, 0.25) is 0 Å². The number of aromatic nitrogens is 2. The number of carbonyl (C=O) groups excluding carboxylic acids is 1. The maximum Gasteiger partial charge on any atom is 0.263 e. The molecule has 1 saturated carbocycles. The number of aromatic amines is 1. The summed E-state index contributed by atoms with van der Waals surface area (Å²) in [6.45, 7) is 1.69. The van der Waals surface area contributed by atoms with Gasteiger partial charge in [-0.15, -0.1) is 0 Å². The Bertz CT molecular complexity index is 677. The molecule has 1 aliphatic carbocycles. The van der Waals surface area contributed by atoms with E-state index in [4.69, 9.17) is 0 Å². The third-order valence-corrected chi connectivity index (χ3v) is 3.54. The lowest BCUT2D eigenvalue weighted by Crippen LogP contribution is -2.14. The molecule has 21 heavy (non-hydrogen) atoms. The van der Waals surface area contributed by atoms with Crippen LogP contribution in [-0.4, -0.2) is 16.1 Å². The number of benzene rings is 1. The van der Waals surface area contributed by atoms with E-state index in [1.165, 1.54) is 12.1 Å². The van der Waals surface area contributed by atoms with Crippen LogP contribution >= 0.6 is 0 Å². The minimum absolute atomic E-state index is 0.146. The molecule has 4 nitrogen and oxygen atoms in total. The van der Waals surface area contributed by atoms with E-state index in [0.717, 1.165) is 18.4 Å². The number of H-pyrrole nitrogens is 1. The molecule has 0 aliphatic heterocycles. The molecule has 0 radical (unpaired) electrons. The first-order valence-electron chi connectivity index (χ1n) is 6.79. The molecule has 0 atom stereocenters. The second-order valence-corrected chi connectivity index (χ2v) is 5.36. The highest BCUT2D eigenvalue weighted by Gasteiger charge is 2.28. The van der Waals surface area contributed by atoms with E-state index in [2.05, 4.69) is 15.5 Å². The summed E-state index contributed by atoms with van der Waals surface area (Å²) in [4.78, 5) is 12.2. The number of anilines is 1. The Morgan fingerprint density at radius 3 is 2.81 bits per heavy atom. The number of aryl methyl sites for hydroxylation is 1. The van der Waals surface area contributed by atoms with Crippen molar-refractivity contribution >= 4 is 11.7 Å². The van der Waals surface area contributed by atoms with Crippen molar-refractivity contribution in [2.24, 2.45) is 0 Å². The van der Waals surface area contributed by atoms with E-state index in [1.54, 1.807) is 19.2 Å². The molecule has 6 heteroatoms. The van der Waals surface area contributed by atoms with Gasteiger partial charge in [-0.25, -0.2) is 8.78 Å². The first kappa shape index (κ1) is 13.7. The molecule has 0 saturated heterocycles. The summed E-state index contributed by atoms with van der Waals surface area (Å²) in [5.41, 5.74) is 1.68. The summed E-state index contributed by atoms with van der Waals surface area (Å²) in [6, 6.07) is 4.20. The van der Waals surface area contributed by atoms with Crippen molar-refractivity contribution < 1.29 is 13.6 Å². The molecule has 1 aromatic carbocycles. The number of amides is 1. The van der Waals surface area contributed by atoms with E-state index < -0.39 is 12.3 Å². The molecule has 2 N–H and O–H groups in total. The SMILES string of the molecule is Cc1cc(C(=O)Nc2[nH]ncc2C2CC2)cc(C(F)F)c1. The average molecular weight is 291 g/mol. The van der Waals surface area contributed by atoms with Crippen molar-refractivity contribution in [2.45, 2.75) is 32.1 Å². The molecule has 1 aliphatic rings. The Kier molecular flexibility index (Phi) is 3.45. The van der Waals surface area contributed by atoms with Crippen molar-refractivity contribution in [3.05, 3.63) is 46.6 Å². The monoisotopic (exact) mass is 291 g/mol. The first-order valence-corrected chi connectivity index (χ1v) is 6.79. The van der Waals surface area contributed by atoms with E-state index in [9.17, 15) is 13.6 Å². The number of nitrogens with one attached hydrogen (secondary N) is 2. The molecule has 1 aromatic heterocycles. The van der Waals surface area contributed by atoms with Crippen LogP contribution in [0, 0.1) is 6.92 Å². The Morgan fingerprint density at radius 2 is 2.14 bits per heavy atom. The zero-order chi connectivity index (χ0) is 15.0. The normalized spacial score (nSPS) is 14.5. The molecule has 1 fully saturated rings. The maximum atomic E-state index is 12.8. The molecule has 2 aromatic rings. The van der Waals surface area contributed by atoms with Gasteiger partial charge in [0.1, 0.15) is 5.82 Å². The van der Waals surface area contributed by atoms with Gasteiger partial charge in [-0.3, -0.25) is 9.89 Å². The van der Waals surface area contributed by atoms with E-state index in [-0.39, 0.29) is 11.1 Å². The largest absolute Gasteiger partial charge is 0.307 e. The number of carbonyl (C=O) groups is 1. The molecular weight excluding hydrogens is 276 g/mol. The van der Waals surface area contributed by atoms with Crippen molar-refractivity contribution in [1.29, 1.82) is 0 Å². The highest BCUT2D eigenvalue weighted by Crippen LogP contribution is 2.42.